The first-order valence-corrected chi connectivity index (χ1v) is 5.69. The molecule has 0 bridgehead atoms. The number of hydrogen-bond donors (Lipinski definition) is 1. The maximum absolute atomic E-state index is 11.4. The fourth-order valence-electron chi connectivity index (χ4n) is 1.63. The van der Waals surface area contributed by atoms with Crippen LogP contribution in [0.15, 0.2) is 4.52 Å². The number of carbonyl (C=O) groups excluding carboxylic acids is 1. The van der Waals surface area contributed by atoms with E-state index in [1.807, 2.05) is 27.7 Å². The summed E-state index contributed by atoms with van der Waals surface area (Å²) in [5, 5.41) is 6.77. The molecule has 1 heterocycles. The minimum absolute atomic E-state index is 0.113. The summed E-state index contributed by atoms with van der Waals surface area (Å²) < 4.78 is 5.05. The highest BCUT2D eigenvalue weighted by Crippen LogP contribution is 2.12. The van der Waals surface area contributed by atoms with Crippen molar-refractivity contribution in [2.45, 2.75) is 40.5 Å². The lowest BCUT2D eigenvalue weighted by Crippen LogP contribution is -2.26. The molecular formula is C12H20N2O2. The molecule has 0 spiro atoms. The molecule has 0 radical (unpaired) electrons. The van der Waals surface area contributed by atoms with Crippen LogP contribution >= 0.6 is 0 Å². The number of aromatic nitrogens is 1. The predicted molar refractivity (Wildman–Crippen MR) is 62.1 cm³/mol. The van der Waals surface area contributed by atoms with Gasteiger partial charge in [-0.3, -0.25) is 4.79 Å². The van der Waals surface area contributed by atoms with E-state index in [9.17, 15) is 4.79 Å². The zero-order valence-electron chi connectivity index (χ0n) is 10.5. The number of carbonyl (C=O) groups is 1. The maximum Gasteiger partial charge on any atom is 0.220 e. The van der Waals surface area contributed by atoms with Gasteiger partial charge in [0.15, 0.2) is 0 Å². The highest BCUT2D eigenvalue weighted by molar-refractivity contribution is 5.76. The zero-order valence-corrected chi connectivity index (χ0v) is 10.5. The van der Waals surface area contributed by atoms with Crippen molar-refractivity contribution in [3.8, 4) is 0 Å². The Morgan fingerprint density at radius 2 is 2.12 bits per heavy atom. The summed E-state index contributed by atoms with van der Waals surface area (Å²) in [6.07, 6.45) is 1.37. The van der Waals surface area contributed by atoms with E-state index >= 15 is 0 Å². The van der Waals surface area contributed by atoms with Crippen LogP contribution < -0.4 is 5.32 Å². The first-order valence-electron chi connectivity index (χ1n) is 5.69. The van der Waals surface area contributed by atoms with Crippen molar-refractivity contribution in [2.75, 3.05) is 6.54 Å². The largest absolute Gasteiger partial charge is 0.361 e. The van der Waals surface area contributed by atoms with Crippen LogP contribution in [0.3, 0.4) is 0 Å². The van der Waals surface area contributed by atoms with Crippen LogP contribution in [-0.4, -0.2) is 17.6 Å². The number of nitrogens with zero attached hydrogens (tertiary/aromatic N) is 1. The Kier molecular flexibility index (Phi) is 4.52. The Balaban J connectivity index is 2.33. The molecule has 1 N–H and O–H groups in total. The summed E-state index contributed by atoms with van der Waals surface area (Å²) in [6.45, 7) is 8.53. The Hall–Kier alpha value is -1.32. The molecule has 0 aromatic carbocycles. The number of amides is 1. The van der Waals surface area contributed by atoms with Gasteiger partial charge in [-0.05, 0) is 26.2 Å². The standard InChI is InChI=1S/C12H20N2O2/c1-8(2)7-12(15)13-6-5-11-9(3)14-16-10(11)4/h8H,5-7H2,1-4H3,(H,13,15). The lowest BCUT2D eigenvalue weighted by atomic mass is 10.1. The fourth-order valence-corrected chi connectivity index (χ4v) is 1.63. The Bertz CT molecular complexity index is 336. The maximum atomic E-state index is 11.4. The quantitative estimate of drug-likeness (QED) is 0.832. The second-order valence-electron chi connectivity index (χ2n) is 4.50. The van der Waals surface area contributed by atoms with E-state index in [0.717, 1.165) is 23.4 Å². The molecule has 0 saturated carbocycles. The smallest absolute Gasteiger partial charge is 0.220 e. The van der Waals surface area contributed by atoms with Crippen LogP contribution in [0, 0.1) is 19.8 Å². The Labute approximate surface area is 96.4 Å². The van der Waals surface area contributed by atoms with E-state index in [1.54, 1.807) is 0 Å². The van der Waals surface area contributed by atoms with Crippen molar-refractivity contribution >= 4 is 5.91 Å². The van der Waals surface area contributed by atoms with Gasteiger partial charge in [0.25, 0.3) is 0 Å². The van der Waals surface area contributed by atoms with E-state index in [-0.39, 0.29) is 5.91 Å². The summed E-state index contributed by atoms with van der Waals surface area (Å²) in [7, 11) is 0. The molecule has 1 rings (SSSR count). The third-order valence-electron chi connectivity index (χ3n) is 2.47. The number of rotatable bonds is 5. The van der Waals surface area contributed by atoms with E-state index < -0.39 is 0 Å². The van der Waals surface area contributed by atoms with E-state index in [1.165, 1.54) is 0 Å². The highest BCUT2D eigenvalue weighted by Gasteiger charge is 2.09. The van der Waals surface area contributed by atoms with Gasteiger partial charge >= 0.3 is 0 Å². The van der Waals surface area contributed by atoms with Crippen LogP contribution in [-0.2, 0) is 11.2 Å². The van der Waals surface area contributed by atoms with Crippen LogP contribution in [0.2, 0.25) is 0 Å². The second kappa shape index (κ2) is 5.68. The van der Waals surface area contributed by atoms with Gasteiger partial charge in [-0.15, -0.1) is 0 Å². The van der Waals surface area contributed by atoms with Gasteiger partial charge in [0.2, 0.25) is 5.91 Å². The minimum Gasteiger partial charge on any atom is -0.361 e. The molecule has 1 aromatic rings. The monoisotopic (exact) mass is 224 g/mol. The summed E-state index contributed by atoms with van der Waals surface area (Å²) in [4.78, 5) is 11.4. The lowest BCUT2D eigenvalue weighted by molar-refractivity contribution is -0.121. The van der Waals surface area contributed by atoms with Gasteiger partial charge < -0.3 is 9.84 Å². The third-order valence-corrected chi connectivity index (χ3v) is 2.47. The molecule has 0 aliphatic carbocycles. The molecule has 4 heteroatoms. The Morgan fingerprint density at radius 3 is 2.62 bits per heavy atom. The topological polar surface area (TPSA) is 55.1 Å². The first-order chi connectivity index (χ1) is 7.50. The average molecular weight is 224 g/mol. The molecule has 0 atom stereocenters. The molecule has 16 heavy (non-hydrogen) atoms. The summed E-state index contributed by atoms with van der Waals surface area (Å²) in [5.41, 5.74) is 2.01. The minimum atomic E-state index is 0.113. The third kappa shape index (κ3) is 3.68. The molecule has 0 aliphatic rings. The number of nitrogens with one attached hydrogen (secondary N) is 1. The molecule has 4 nitrogen and oxygen atoms in total. The molecule has 0 unspecified atom stereocenters. The van der Waals surface area contributed by atoms with Crippen LogP contribution in [0.4, 0.5) is 0 Å². The van der Waals surface area contributed by atoms with Crippen molar-refractivity contribution in [3.05, 3.63) is 17.0 Å². The lowest BCUT2D eigenvalue weighted by Gasteiger charge is -2.06. The molecule has 0 saturated heterocycles. The SMILES string of the molecule is Cc1noc(C)c1CCNC(=O)CC(C)C. The molecule has 0 fully saturated rings. The van der Waals surface area contributed by atoms with E-state index in [0.29, 0.717) is 18.9 Å². The van der Waals surface area contributed by atoms with Gasteiger partial charge in [-0.1, -0.05) is 19.0 Å². The number of aryl methyl sites for hydroxylation is 2. The van der Waals surface area contributed by atoms with Gasteiger partial charge in [-0.2, -0.15) is 0 Å². The molecular weight excluding hydrogens is 204 g/mol. The Morgan fingerprint density at radius 1 is 1.44 bits per heavy atom. The second-order valence-corrected chi connectivity index (χ2v) is 4.50. The molecule has 0 aliphatic heterocycles. The van der Waals surface area contributed by atoms with Crippen molar-refractivity contribution in [1.82, 2.24) is 10.5 Å². The van der Waals surface area contributed by atoms with Crippen LogP contribution in [0.5, 0.6) is 0 Å². The van der Waals surface area contributed by atoms with Crippen molar-refractivity contribution < 1.29 is 9.32 Å². The fraction of sp³-hybridized carbons (Fsp3) is 0.667. The van der Waals surface area contributed by atoms with Crippen molar-refractivity contribution in [1.29, 1.82) is 0 Å². The summed E-state index contributed by atoms with van der Waals surface area (Å²) >= 11 is 0. The molecule has 90 valence electrons. The summed E-state index contributed by atoms with van der Waals surface area (Å²) in [5.74, 6) is 1.36. The summed E-state index contributed by atoms with van der Waals surface area (Å²) in [6, 6.07) is 0. The van der Waals surface area contributed by atoms with E-state index in [4.69, 9.17) is 4.52 Å². The average Bonchev–Trinajstić information content (AvgIpc) is 2.47. The first kappa shape index (κ1) is 12.7. The molecule has 1 amide bonds. The molecule has 1 aromatic heterocycles. The zero-order chi connectivity index (χ0) is 12.1. The van der Waals surface area contributed by atoms with Crippen LogP contribution in [0.1, 0.15) is 37.3 Å². The van der Waals surface area contributed by atoms with Gasteiger partial charge in [0, 0.05) is 18.5 Å². The normalized spacial score (nSPS) is 10.8. The van der Waals surface area contributed by atoms with E-state index in [2.05, 4.69) is 10.5 Å². The highest BCUT2D eigenvalue weighted by atomic mass is 16.5. The van der Waals surface area contributed by atoms with Gasteiger partial charge in [0.05, 0.1) is 5.69 Å². The number of hydrogen-bond acceptors (Lipinski definition) is 3. The van der Waals surface area contributed by atoms with Crippen molar-refractivity contribution in [3.63, 3.8) is 0 Å². The van der Waals surface area contributed by atoms with Gasteiger partial charge in [-0.25, -0.2) is 0 Å². The van der Waals surface area contributed by atoms with Crippen LogP contribution in [0.25, 0.3) is 0 Å². The van der Waals surface area contributed by atoms with Gasteiger partial charge in [0.1, 0.15) is 5.76 Å². The van der Waals surface area contributed by atoms with Crippen molar-refractivity contribution in [2.24, 2.45) is 5.92 Å². The predicted octanol–water partition coefficient (Wildman–Crippen LogP) is 2.00.